The van der Waals surface area contributed by atoms with E-state index >= 15 is 0 Å². The first-order valence-electron chi connectivity index (χ1n) is 8.82. The second-order valence-corrected chi connectivity index (χ2v) is 10.4. The molecular weight excluding hydrogens is 405 g/mol. The van der Waals surface area contributed by atoms with E-state index in [1.54, 1.807) is 12.4 Å². The summed E-state index contributed by atoms with van der Waals surface area (Å²) in [6.07, 6.45) is 6.64. The second kappa shape index (κ2) is 6.92. The monoisotopic (exact) mass is 425 g/mol. The average molecular weight is 426 g/mol. The largest absolute Gasteiger partial charge is 0.370 e. The molecule has 1 atom stereocenters. The molecule has 0 bridgehead atoms. The van der Waals surface area contributed by atoms with Gasteiger partial charge < -0.3 is 4.90 Å². The topological polar surface area (TPSA) is 62.3 Å². The zero-order chi connectivity index (χ0) is 19.2. The van der Waals surface area contributed by atoms with Crippen molar-refractivity contribution in [2.24, 2.45) is 11.3 Å². The van der Waals surface area contributed by atoms with Crippen molar-refractivity contribution in [3.63, 3.8) is 0 Å². The molecule has 144 valence electrons. The molecule has 5 nitrogen and oxygen atoms in total. The maximum absolute atomic E-state index is 11.8. The Morgan fingerprint density at radius 2 is 1.96 bits per heavy atom. The molecule has 2 heterocycles. The van der Waals surface area contributed by atoms with Crippen LogP contribution >= 0.6 is 23.2 Å². The highest BCUT2D eigenvalue weighted by molar-refractivity contribution is 7.88. The van der Waals surface area contributed by atoms with E-state index < -0.39 is 10.0 Å². The van der Waals surface area contributed by atoms with Crippen LogP contribution in [0.3, 0.4) is 0 Å². The second-order valence-electron chi connectivity index (χ2n) is 7.78. The fraction of sp³-hybridized carbons (Fsp3) is 0.421. The molecule has 1 aromatic heterocycles. The van der Waals surface area contributed by atoms with E-state index in [4.69, 9.17) is 23.2 Å². The van der Waals surface area contributed by atoms with Gasteiger partial charge >= 0.3 is 0 Å². The van der Waals surface area contributed by atoms with Crippen LogP contribution in [0.15, 0.2) is 42.7 Å². The van der Waals surface area contributed by atoms with Gasteiger partial charge in [0.2, 0.25) is 10.0 Å². The Balaban J connectivity index is 1.42. The van der Waals surface area contributed by atoms with Crippen LogP contribution in [0.5, 0.6) is 0 Å². The summed E-state index contributed by atoms with van der Waals surface area (Å²) >= 11 is 12.1. The van der Waals surface area contributed by atoms with Gasteiger partial charge in [0.05, 0.1) is 22.3 Å². The molecule has 2 aliphatic rings. The van der Waals surface area contributed by atoms with E-state index in [0.29, 0.717) is 10.0 Å². The van der Waals surface area contributed by atoms with Gasteiger partial charge in [-0.15, -0.1) is 0 Å². The predicted octanol–water partition coefficient (Wildman–Crippen LogP) is 3.90. The first-order valence-corrected chi connectivity index (χ1v) is 11.5. The summed E-state index contributed by atoms with van der Waals surface area (Å²) in [5.41, 5.74) is 2.26. The molecule has 1 N–H and O–H groups in total. The molecular formula is C19H21Cl2N3O2S. The van der Waals surface area contributed by atoms with Crippen molar-refractivity contribution in [3.8, 4) is 0 Å². The van der Waals surface area contributed by atoms with Crippen molar-refractivity contribution in [1.82, 2.24) is 9.71 Å². The molecule has 0 unspecified atom stereocenters. The SMILES string of the molecule is CS(=O)(=O)N[C@@H](c1cccnc1)C1CC2(C1)CN(c1ccc(Cl)c(Cl)c1)C2. The number of halogens is 2. The Kier molecular flexibility index (Phi) is 4.87. The summed E-state index contributed by atoms with van der Waals surface area (Å²) in [5, 5.41) is 1.13. The van der Waals surface area contributed by atoms with Crippen molar-refractivity contribution in [2.45, 2.75) is 18.9 Å². The normalized spacial score (nSPS) is 20.2. The van der Waals surface area contributed by atoms with Gasteiger partial charge in [0.25, 0.3) is 0 Å². The number of hydrogen-bond acceptors (Lipinski definition) is 4. The molecule has 1 saturated heterocycles. The fourth-order valence-electron chi connectivity index (χ4n) is 4.40. The molecule has 1 saturated carbocycles. The maximum Gasteiger partial charge on any atom is 0.209 e. The summed E-state index contributed by atoms with van der Waals surface area (Å²) in [5.74, 6) is 0.278. The van der Waals surface area contributed by atoms with Gasteiger partial charge in [-0.05, 0) is 48.6 Å². The summed E-state index contributed by atoms with van der Waals surface area (Å²) in [6, 6.07) is 9.26. The molecule has 0 radical (unpaired) electrons. The summed E-state index contributed by atoms with van der Waals surface area (Å²) in [7, 11) is -3.30. The van der Waals surface area contributed by atoms with E-state index in [-0.39, 0.29) is 17.4 Å². The van der Waals surface area contributed by atoms with Crippen molar-refractivity contribution in [1.29, 1.82) is 0 Å². The van der Waals surface area contributed by atoms with Crippen molar-refractivity contribution < 1.29 is 8.42 Å². The van der Waals surface area contributed by atoms with Gasteiger partial charge in [0.1, 0.15) is 0 Å². The first kappa shape index (κ1) is 19.0. The van der Waals surface area contributed by atoms with Crippen LogP contribution in [0.1, 0.15) is 24.4 Å². The molecule has 1 aliphatic carbocycles. The minimum atomic E-state index is -3.30. The van der Waals surface area contributed by atoms with E-state index in [2.05, 4.69) is 14.6 Å². The number of aromatic nitrogens is 1. The van der Waals surface area contributed by atoms with Crippen molar-refractivity contribution >= 4 is 38.9 Å². The number of nitrogens with zero attached hydrogens (tertiary/aromatic N) is 2. The van der Waals surface area contributed by atoms with Crippen LogP contribution < -0.4 is 9.62 Å². The number of benzene rings is 1. The van der Waals surface area contributed by atoms with Gasteiger partial charge in [-0.3, -0.25) is 4.98 Å². The lowest BCUT2D eigenvalue weighted by Crippen LogP contribution is -2.63. The Morgan fingerprint density at radius 3 is 2.56 bits per heavy atom. The third-order valence-corrected chi connectivity index (χ3v) is 6.99. The third kappa shape index (κ3) is 3.94. The molecule has 2 fully saturated rings. The summed E-state index contributed by atoms with van der Waals surface area (Å²) in [4.78, 5) is 6.44. The van der Waals surface area contributed by atoms with Gasteiger partial charge in [-0.1, -0.05) is 29.3 Å². The van der Waals surface area contributed by atoms with Crippen molar-refractivity contribution in [2.75, 3.05) is 24.2 Å². The van der Waals surface area contributed by atoms with Gasteiger partial charge in [-0.25, -0.2) is 13.1 Å². The van der Waals surface area contributed by atoms with Crippen molar-refractivity contribution in [3.05, 3.63) is 58.3 Å². The van der Waals surface area contributed by atoms with E-state index in [0.717, 1.165) is 37.2 Å². The highest BCUT2D eigenvalue weighted by Crippen LogP contribution is 2.56. The van der Waals surface area contributed by atoms with Gasteiger partial charge in [0.15, 0.2) is 0 Å². The van der Waals surface area contributed by atoms with E-state index in [1.165, 1.54) is 6.26 Å². The third-order valence-electron chi connectivity index (χ3n) is 5.57. The van der Waals surface area contributed by atoms with Crippen LogP contribution in [-0.4, -0.2) is 32.7 Å². The first-order chi connectivity index (χ1) is 12.7. The lowest BCUT2D eigenvalue weighted by Gasteiger charge is -2.61. The van der Waals surface area contributed by atoms with E-state index in [1.807, 2.05) is 30.3 Å². The number of hydrogen-bond donors (Lipinski definition) is 1. The quantitative estimate of drug-likeness (QED) is 0.788. The minimum absolute atomic E-state index is 0.224. The standard InChI is InChI=1S/C19H21Cl2N3O2S/c1-27(25,26)23-18(13-3-2-6-22-10-13)14-8-19(9-14)11-24(12-19)15-4-5-16(20)17(21)7-15/h2-7,10,14,18,23H,8-9,11-12H2,1H3/t18-/m0/s1. The zero-order valence-corrected chi connectivity index (χ0v) is 17.2. The molecule has 2 aromatic rings. The summed E-state index contributed by atoms with van der Waals surface area (Å²) < 4.78 is 26.5. The smallest absolute Gasteiger partial charge is 0.209 e. The maximum atomic E-state index is 11.8. The lowest BCUT2D eigenvalue weighted by atomic mass is 9.55. The molecule has 1 aliphatic heterocycles. The highest BCUT2D eigenvalue weighted by Gasteiger charge is 2.54. The molecule has 1 aromatic carbocycles. The Hall–Kier alpha value is -1.34. The highest BCUT2D eigenvalue weighted by atomic mass is 35.5. The molecule has 1 spiro atoms. The van der Waals surface area contributed by atoms with Crippen LogP contribution in [-0.2, 0) is 10.0 Å². The average Bonchev–Trinajstić information content (AvgIpc) is 2.54. The Bertz CT molecular complexity index is 939. The van der Waals surface area contributed by atoms with Crippen LogP contribution in [0, 0.1) is 11.3 Å². The number of rotatable bonds is 5. The molecule has 8 heteroatoms. The minimum Gasteiger partial charge on any atom is -0.370 e. The van der Waals surface area contributed by atoms with Gasteiger partial charge in [0, 0.05) is 36.6 Å². The predicted molar refractivity (Wildman–Crippen MR) is 109 cm³/mol. The molecule has 4 rings (SSSR count). The number of nitrogens with one attached hydrogen (secondary N) is 1. The zero-order valence-electron chi connectivity index (χ0n) is 14.9. The fourth-order valence-corrected chi connectivity index (χ4v) is 5.48. The molecule has 0 amide bonds. The van der Waals surface area contributed by atoms with Crippen LogP contribution in [0.2, 0.25) is 10.0 Å². The van der Waals surface area contributed by atoms with E-state index in [9.17, 15) is 8.42 Å². The van der Waals surface area contributed by atoms with Crippen LogP contribution in [0.25, 0.3) is 0 Å². The summed E-state index contributed by atoms with van der Waals surface area (Å²) in [6.45, 7) is 1.92. The number of pyridine rings is 1. The lowest BCUT2D eigenvalue weighted by molar-refractivity contribution is 0.00653. The number of anilines is 1. The molecule has 27 heavy (non-hydrogen) atoms. The Morgan fingerprint density at radius 1 is 1.22 bits per heavy atom. The number of sulfonamides is 1. The Labute approximate surface area is 169 Å². The van der Waals surface area contributed by atoms with Gasteiger partial charge in [-0.2, -0.15) is 0 Å². The van der Waals surface area contributed by atoms with Crippen LogP contribution in [0.4, 0.5) is 5.69 Å².